The predicted octanol–water partition coefficient (Wildman–Crippen LogP) is 3.03. The SMILES string of the molecule is C=C/C=C(/CCNC(=O)C(O)C(O)C(=O)N1CCCC1c1ccccc1C(F)(F)F)SC. The number of benzene rings is 1. The number of thioether (sulfide) groups is 1. The summed E-state index contributed by atoms with van der Waals surface area (Å²) in [4.78, 5) is 27.0. The van der Waals surface area contributed by atoms with Crippen LogP contribution >= 0.6 is 11.8 Å². The number of aliphatic hydroxyl groups is 2. The molecule has 1 aromatic rings. The van der Waals surface area contributed by atoms with Gasteiger partial charge < -0.3 is 20.4 Å². The van der Waals surface area contributed by atoms with Crippen molar-refractivity contribution in [3.8, 4) is 0 Å². The minimum absolute atomic E-state index is 0.0735. The van der Waals surface area contributed by atoms with E-state index in [1.54, 1.807) is 12.2 Å². The van der Waals surface area contributed by atoms with Crippen molar-refractivity contribution in [2.45, 2.75) is 43.7 Å². The number of nitrogens with one attached hydrogen (secondary N) is 1. The number of hydrogen-bond donors (Lipinski definition) is 3. The molecule has 0 aromatic heterocycles. The van der Waals surface area contributed by atoms with E-state index in [1.165, 1.54) is 30.0 Å². The predicted molar refractivity (Wildman–Crippen MR) is 117 cm³/mol. The largest absolute Gasteiger partial charge is 0.416 e. The zero-order chi connectivity index (χ0) is 23.9. The van der Waals surface area contributed by atoms with E-state index in [4.69, 9.17) is 0 Å². The first kappa shape index (κ1) is 26.0. The van der Waals surface area contributed by atoms with Gasteiger partial charge in [-0.2, -0.15) is 13.2 Å². The molecule has 1 aliphatic heterocycles. The third kappa shape index (κ3) is 6.36. The van der Waals surface area contributed by atoms with E-state index in [2.05, 4.69) is 11.9 Å². The third-order valence-corrected chi connectivity index (χ3v) is 6.08. The highest BCUT2D eigenvalue weighted by molar-refractivity contribution is 8.02. The third-order valence-electron chi connectivity index (χ3n) is 5.22. The first-order valence-corrected chi connectivity index (χ1v) is 11.3. The molecule has 0 saturated carbocycles. The molecule has 3 N–H and O–H groups in total. The van der Waals surface area contributed by atoms with Crippen molar-refractivity contribution in [3.63, 3.8) is 0 Å². The molecule has 32 heavy (non-hydrogen) atoms. The summed E-state index contributed by atoms with van der Waals surface area (Å²) in [5.41, 5.74) is -0.926. The summed E-state index contributed by atoms with van der Waals surface area (Å²) in [7, 11) is 0. The van der Waals surface area contributed by atoms with Crippen LogP contribution in [0.25, 0.3) is 0 Å². The van der Waals surface area contributed by atoms with Crippen LogP contribution in [0.5, 0.6) is 0 Å². The number of allylic oxidation sites excluding steroid dienone is 2. The average molecular weight is 473 g/mol. The number of alkyl halides is 3. The second-order valence-corrected chi connectivity index (χ2v) is 8.21. The minimum Gasteiger partial charge on any atom is -0.380 e. The number of rotatable bonds is 9. The summed E-state index contributed by atoms with van der Waals surface area (Å²) in [6.45, 7) is 3.88. The summed E-state index contributed by atoms with van der Waals surface area (Å²) >= 11 is 1.47. The maximum Gasteiger partial charge on any atom is 0.416 e. The number of nitrogens with zero attached hydrogens (tertiary/aromatic N) is 1. The molecular formula is C22H27F3N2O4S. The van der Waals surface area contributed by atoms with Crippen molar-refractivity contribution in [2.24, 2.45) is 0 Å². The number of carbonyl (C=O) groups is 2. The normalized spacial score (nSPS) is 18.9. The number of carbonyl (C=O) groups excluding carboxylic acids is 2. The van der Waals surface area contributed by atoms with E-state index >= 15 is 0 Å². The van der Waals surface area contributed by atoms with Crippen molar-refractivity contribution in [1.29, 1.82) is 0 Å². The molecule has 0 radical (unpaired) electrons. The smallest absolute Gasteiger partial charge is 0.380 e. The second-order valence-electron chi connectivity index (χ2n) is 7.28. The van der Waals surface area contributed by atoms with Gasteiger partial charge in [-0.1, -0.05) is 36.9 Å². The van der Waals surface area contributed by atoms with E-state index in [0.29, 0.717) is 12.8 Å². The van der Waals surface area contributed by atoms with Gasteiger partial charge in [-0.3, -0.25) is 9.59 Å². The van der Waals surface area contributed by atoms with Gasteiger partial charge >= 0.3 is 6.18 Å². The molecule has 176 valence electrons. The van der Waals surface area contributed by atoms with E-state index in [-0.39, 0.29) is 25.1 Å². The Balaban J connectivity index is 2.07. The highest BCUT2D eigenvalue weighted by Crippen LogP contribution is 2.40. The summed E-state index contributed by atoms with van der Waals surface area (Å²) in [6.07, 6.45) is -2.30. The first-order valence-electron chi connectivity index (χ1n) is 10.1. The van der Waals surface area contributed by atoms with Crippen LogP contribution in [0.3, 0.4) is 0 Å². The van der Waals surface area contributed by atoms with E-state index in [0.717, 1.165) is 15.9 Å². The molecule has 3 unspecified atom stereocenters. The Morgan fingerprint density at radius 1 is 1.31 bits per heavy atom. The highest BCUT2D eigenvalue weighted by Gasteiger charge is 2.42. The lowest BCUT2D eigenvalue weighted by Crippen LogP contribution is -2.50. The summed E-state index contributed by atoms with van der Waals surface area (Å²) in [6, 6.07) is 4.06. The van der Waals surface area contributed by atoms with Crippen molar-refractivity contribution in [1.82, 2.24) is 10.2 Å². The Bertz CT molecular complexity index is 860. The fourth-order valence-electron chi connectivity index (χ4n) is 3.65. The molecule has 1 aliphatic rings. The molecule has 0 bridgehead atoms. The molecule has 1 aromatic carbocycles. The van der Waals surface area contributed by atoms with Crippen molar-refractivity contribution in [2.75, 3.05) is 19.3 Å². The average Bonchev–Trinajstić information content (AvgIpc) is 3.26. The number of amides is 2. The number of aliphatic hydroxyl groups excluding tert-OH is 2. The molecule has 2 rings (SSSR count). The van der Waals surface area contributed by atoms with Crippen LogP contribution in [0.1, 0.15) is 36.4 Å². The fourth-order valence-corrected chi connectivity index (χ4v) is 4.18. The summed E-state index contributed by atoms with van der Waals surface area (Å²) in [5.74, 6) is -1.92. The fraction of sp³-hybridized carbons (Fsp3) is 0.455. The van der Waals surface area contributed by atoms with Crippen LogP contribution in [0.15, 0.2) is 47.9 Å². The summed E-state index contributed by atoms with van der Waals surface area (Å²) in [5, 5.41) is 22.9. The number of halogens is 3. The van der Waals surface area contributed by atoms with Gasteiger partial charge in [-0.25, -0.2) is 0 Å². The highest BCUT2D eigenvalue weighted by atomic mass is 32.2. The lowest BCUT2D eigenvalue weighted by Gasteiger charge is -2.30. The lowest BCUT2D eigenvalue weighted by atomic mass is 9.97. The van der Waals surface area contributed by atoms with E-state index in [9.17, 15) is 33.0 Å². The van der Waals surface area contributed by atoms with Crippen molar-refractivity contribution >= 4 is 23.6 Å². The molecule has 6 nitrogen and oxygen atoms in total. The quantitative estimate of drug-likeness (QED) is 0.481. The molecule has 1 saturated heterocycles. The van der Waals surface area contributed by atoms with Crippen LogP contribution in [-0.2, 0) is 15.8 Å². The number of hydrogen-bond acceptors (Lipinski definition) is 5. The monoisotopic (exact) mass is 472 g/mol. The van der Waals surface area contributed by atoms with Gasteiger partial charge in [0.15, 0.2) is 12.2 Å². The molecule has 0 aliphatic carbocycles. The van der Waals surface area contributed by atoms with Crippen molar-refractivity contribution < 1.29 is 33.0 Å². The van der Waals surface area contributed by atoms with Crippen LogP contribution < -0.4 is 5.32 Å². The molecule has 3 atom stereocenters. The molecule has 2 amide bonds. The summed E-state index contributed by atoms with van der Waals surface area (Å²) < 4.78 is 40.2. The zero-order valence-electron chi connectivity index (χ0n) is 17.6. The van der Waals surface area contributed by atoms with E-state index < -0.39 is 41.8 Å². The Kier molecular flexibility index (Phi) is 9.35. The zero-order valence-corrected chi connectivity index (χ0v) is 18.5. The molecule has 10 heteroatoms. The Morgan fingerprint density at radius 3 is 2.62 bits per heavy atom. The van der Waals surface area contributed by atoms with Gasteiger partial charge in [0.1, 0.15) is 0 Å². The second kappa shape index (κ2) is 11.5. The Labute approximate surface area is 189 Å². The Hall–Kier alpha value is -2.30. The Morgan fingerprint density at radius 2 is 2.00 bits per heavy atom. The maximum absolute atomic E-state index is 13.4. The van der Waals surface area contributed by atoms with Gasteiger partial charge in [-0.15, -0.1) is 11.8 Å². The van der Waals surface area contributed by atoms with Gasteiger partial charge in [-0.05, 0) is 42.1 Å². The topological polar surface area (TPSA) is 89.9 Å². The van der Waals surface area contributed by atoms with Gasteiger partial charge in [0, 0.05) is 13.1 Å². The van der Waals surface area contributed by atoms with Crippen LogP contribution in [0.2, 0.25) is 0 Å². The van der Waals surface area contributed by atoms with Crippen molar-refractivity contribution in [3.05, 3.63) is 59.0 Å². The molecule has 0 spiro atoms. The van der Waals surface area contributed by atoms with Gasteiger partial charge in [0.2, 0.25) is 0 Å². The molecule has 1 heterocycles. The van der Waals surface area contributed by atoms with E-state index in [1.807, 2.05) is 6.26 Å². The minimum atomic E-state index is -4.60. The standard InChI is InChI=1S/C22H27F3N2O4S/c1-3-7-14(32-2)11-12-26-20(30)18(28)19(29)21(31)27-13-6-10-17(27)15-8-4-5-9-16(15)22(23,24)25/h3-5,7-9,17-19,28-29H,1,6,10-13H2,2H3,(H,26,30)/b14-7-. The van der Waals surface area contributed by atoms with Crippen LogP contribution in [0, 0.1) is 0 Å². The van der Waals surface area contributed by atoms with Crippen LogP contribution in [0.4, 0.5) is 13.2 Å². The molecule has 1 fully saturated rings. The lowest BCUT2D eigenvalue weighted by molar-refractivity contribution is -0.154. The van der Waals surface area contributed by atoms with Gasteiger partial charge in [0.05, 0.1) is 11.6 Å². The maximum atomic E-state index is 13.4. The number of likely N-dealkylation sites (tertiary alicyclic amines) is 1. The first-order chi connectivity index (χ1) is 15.1. The van der Waals surface area contributed by atoms with Crippen LogP contribution in [-0.4, -0.2) is 58.5 Å². The molecular weight excluding hydrogens is 445 g/mol. The van der Waals surface area contributed by atoms with Gasteiger partial charge in [0.25, 0.3) is 11.8 Å².